The molecule has 11 heteroatoms. The number of nitrogens with zero attached hydrogens (tertiary/aromatic N) is 5. The number of anilines is 2. The average Bonchev–Trinajstić information content (AvgIpc) is 3.41. The Morgan fingerprint density at radius 3 is 2.84 bits per heavy atom. The number of amides is 1. The summed E-state index contributed by atoms with van der Waals surface area (Å²) in [7, 11) is 1.49. The standard InChI is InChI=1S/C21H23F2N7O2/c1-32-16-9-17-25-11-15(30(17)28-21(16)29-7-3-5-18(29)31)19-13(22)8-14(23)20(27-19)26-12-4-2-6-24-10-12/h8-9,11-12,24H,2-7,10H2,1H3,(H,26,27)/t12-/m1/s1. The number of fused-ring (bicyclic) bond motifs is 1. The number of nitrogens with one attached hydrogen (secondary N) is 2. The molecule has 168 valence electrons. The number of hydrogen-bond donors (Lipinski definition) is 2. The maximum atomic E-state index is 14.8. The van der Waals surface area contributed by atoms with Gasteiger partial charge in [0.2, 0.25) is 5.91 Å². The molecule has 0 aliphatic carbocycles. The lowest BCUT2D eigenvalue weighted by Gasteiger charge is -2.24. The largest absolute Gasteiger partial charge is 0.493 e. The number of pyridine rings is 1. The molecule has 3 aromatic heterocycles. The summed E-state index contributed by atoms with van der Waals surface area (Å²) >= 11 is 0. The SMILES string of the molecule is COc1cc2ncc(-c3nc(N[C@@H]4CCCNC4)c(F)cc3F)n2nc1N1CCCC1=O. The van der Waals surface area contributed by atoms with E-state index in [4.69, 9.17) is 4.74 Å². The van der Waals surface area contributed by atoms with Crippen molar-refractivity contribution in [3.63, 3.8) is 0 Å². The molecule has 5 heterocycles. The summed E-state index contributed by atoms with van der Waals surface area (Å²) in [5, 5.41) is 10.8. The van der Waals surface area contributed by atoms with Gasteiger partial charge in [-0.25, -0.2) is 23.3 Å². The topological polar surface area (TPSA) is 96.7 Å². The summed E-state index contributed by atoms with van der Waals surface area (Å²) in [5.41, 5.74) is 0.558. The zero-order valence-corrected chi connectivity index (χ0v) is 17.6. The van der Waals surface area contributed by atoms with Crippen LogP contribution in [0.15, 0.2) is 18.3 Å². The molecule has 3 aromatic rings. The molecule has 0 unspecified atom stereocenters. The third-order valence-electron chi connectivity index (χ3n) is 5.80. The second-order valence-electron chi connectivity index (χ2n) is 7.94. The maximum absolute atomic E-state index is 14.8. The second kappa shape index (κ2) is 8.30. The van der Waals surface area contributed by atoms with E-state index < -0.39 is 11.6 Å². The summed E-state index contributed by atoms with van der Waals surface area (Å²) < 4.78 is 36.1. The summed E-state index contributed by atoms with van der Waals surface area (Å²) in [5.74, 6) is -0.943. The molecule has 2 aliphatic rings. The van der Waals surface area contributed by atoms with E-state index in [0.29, 0.717) is 36.7 Å². The van der Waals surface area contributed by atoms with Gasteiger partial charge in [0.05, 0.1) is 13.3 Å². The average molecular weight is 443 g/mol. The number of carbonyl (C=O) groups excluding carboxylic acids is 1. The Morgan fingerprint density at radius 2 is 2.12 bits per heavy atom. The van der Waals surface area contributed by atoms with Crippen molar-refractivity contribution in [2.75, 3.05) is 37.0 Å². The van der Waals surface area contributed by atoms with E-state index >= 15 is 0 Å². The minimum absolute atomic E-state index is 0.00131. The van der Waals surface area contributed by atoms with E-state index in [0.717, 1.165) is 31.9 Å². The van der Waals surface area contributed by atoms with Crippen molar-refractivity contribution >= 4 is 23.2 Å². The minimum atomic E-state index is -0.826. The van der Waals surface area contributed by atoms with Crippen molar-refractivity contribution in [2.45, 2.75) is 31.7 Å². The van der Waals surface area contributed by atoms with Crippen LogP contribution in [-0.2, 0) is 4.79 Å². The number of hydrogen-bond acceptors (Lipinski definition) is 7. The van der Waals surface area contributed by atoms with Crippen LogP contribution in [0.2, 0.25) is 0 Å². The quantitative estimate of drug-likeness (QED) is 0.625. The fourth-order valence-corrected chi connectivity index (χ4v) is 4.18. The molecule has 5 rings (SSSR count). The van der Waals surface area contributed by atoms with Gasteiger partial charge in [0.1, 0.15) is 11.4 Å². The molecule has 1 amide bonds. The van der Waals surface area contributed by atoms with Gasteiger partial charge in [0.25, 0.3) is 0 Å². The monoisotopic (exact) mass is 443 g/mol. The number of piperidine rings is 1. The first-order valence-corrected chi connectivity index (χ1v) is 10.6. The van der Waals surface area contributed by atoms with Gasteiger partial charge in [-0.15, -0.1) is 5.10 Å². The lowest BCUT2D eigenvalue weighted by atomic mass is 10.1. The number of aromatic nitrogens is 4. The normalized spacial score (nSPS) is 19.0. The number of methoxy groups -OCH3 is 1. The second-order valence-corrected chi connectivity index (χ2v) is 7.94. The van der Waals surface area contributed by atoms with Gasteiger partial charge in [-0.1, -0.05) is 0 Å². The number of carbonyl (C=O) groups is 1. The van der Waals surface area contributed by atoms with Gasteiger partial charge < -0.3 is 15.4 Å². The molecule has 2 saturated heterocycles. The molecular weight excluding hydrogens is 420 g/mol. The van der Waals surface area contributed by atoms with Crippen LogP contribution in [0.4, 0.5) is 20.4 Å². The van der Waals surface area contributed by atoms with Crippen LogP contribution in [0.1, 0.15) is 25.7 Å². The predicted octanol–water partition coefficient (Wildman–Crippen LogP) is 2.37. The van der Waals surface area contributed by atoms with Crippen molar-refractivity contribution in [1.29, 1.82) is 0 Å². The highest BCUT2D eigenvalue weighted by molar-refractivity contribution is 5.95. The van der Waals surface area contributed by atoms with Crippen LogP contribution in [0.25, 0.3) is 17.0 Å². The van der Waals surface area contributed by atoms with Gasteiger partial charge in [-0.2, -0.15) is 0 Å². The Balaban J connectivity index is 1.58. The Bertz CT molecular complexity index is 1180. The molecule has 32 heavy (non-hydrogen) atoms. The lowest BCUT2D eigenvalue weighted by molar-refractivity contribution is -0.117. The molecular formula is C21H23F2N7O2. The smallest absolute Gasteiger partial charge is 0.228 e. The minimum Gasteiger partial charge on any atom is -0.493 e. The third kappa shape index (κ3) is 3.62. The predicted molar refractivity (Wildman–Crippen MR) is 114 cm³/mol. The van der Waals surface area contributed by atoms with E-state index in [1.54, 1.807) is 11.0 Å². The molecule has 2 fully saturated rings. The number of rotatable bonds is 5. The van der Waals surface area contributed by atoms with Crippen molar-refractivity contribution in [2.24, 2.45) is 0 Å². The third-order valence-corrected chi connectivity index (χ3v) is 5.80. The number of ether oxygens (including phenoxy) is 1. The van der Waals surface area contributed by atoms with Gasteiger partial charge in [0.15, 0.2) is 34.7 Å². The molecule has 0 bridgehead atoms. The van der Waals surface area contributed by atoms with Gasteiger partial charge >= 0.3 is 0 Å². The molecule has 9 nitrogen and oxygen atoms in total. The van der Waals surface area contributed by atoms with Crippen molar-refractivity contribution < 1.29 is 18.3 Å². The summed E-state index contributed by atoms with van der Waals surface area (Å²) in [6.07, 6.45) is 4.40. The van der Waals surface area contributed by atoms with Crippen LogP contribution in [0, 0.1) is 11.6 Å². The van der Waals surface area contributed by atoms with Crippen LogP contribution in [0.3, 0.4) is 0 Å². The highest BCUT2D eigenvalue weighted by atomic mass is 19.1. The Morgan fingerprint density at radius 1 is 1.25 bits per heavy atom. The van der Waals surface area contributed by atoms with Crippen LogP contribution < -0.4 is 20.3 Å². The fraction of sp³-hybridized carbons (Fsp3) is 0.429. The zero-order valence-electron chi connectivity index (χ0n) is 17.6. The first-order chi connectivity index (χ1) is 15.5. The van der Waals surface area contributed by atoms with E-state index in [2.05, 4.69) is 25.7 Å². The van der Waals surface area contributed by atoms with Gasteiger partial charge in [-0.05, 0) is 25.8 Å². The summed E-state index contributed by atoms with van der Waals surface area (Å²) in [6, 6.07) is 2.45. The molecule has 0 saturated carbocycles. The van der Waals surface area contributed by atoms with Crippen LogP contribution in [-0.4, -0.2) is 58.3 Å². The van der Waals surface area contributed by atoms with Crippen molar-refractivity contribution in [3.8, 4) is 17.1 Å². The first kappa shape index (κ1) is 20.6. The van der Waals surface area contributed by atoms with E-state index in [-0.39, 0.29) is 29.2 Å². The van der Waals surface area contributed by atoms with Crippen molar-refractivity contribution in [1.82, 2.24) is 24.9 Å². The Labute approximate surface area is 182 Å². The van der Waals surface area contributed by atoms with Gasteiger partial charge in [0, 0.05) is 37.7 Å². The summed E-state index contributed by atoms with van der Waals surface area (Å²) in [4.78, 5) is 22.3. The molecule has 0 aromatic carbocycles. The maximum Gasteiger partial charge on any atom is 0.228 e. The number of halogens is 2. The van der Waals surface area contributed by atoms with E-state index in [1.807, 2.05) is 0 Å². The van der Waals surface area contributed by atoms with Crippen molar-refractivity contribution in [3.05, 3.63) is 30.0 Å². The van der Waals surface area contributed by atoms with E-state index in [9.17, 15) is 13.6 Å². The molecule has 2 aliphatic heterocycles. The van der Waals surface area contributed by atoms with Crippen LogP contribution >= 0.6 is 0 Å². The fourth-order valence-electron chi connectivity index (χ4n) is 4.18. The Hall–Kier alpha value is -3.34. The van der Waals surface area contributed by atoms with E-state index in [1.165, 1.54) is 17.8 Å². The lowest BCUT2D eigenvalue weighted by Crippen LogP contribution is -2.38. The molecule has 0 spiro atoms. The van der Waals surface area contributed by atoms with Crippen LogP contribution in [0.5, 0.6) is 5.75 Å². The highest BCUT2D eigenvalue weighted by Gasteiger charge is 2.28. The van der Waals surface area contributed by atoms with Gasteiger partial charge in [-0.3, -0.25) is 9.69 Å². The Kier molecular flexibility index (Phi) is 5.33. The molecule has 0 radical (unpaired) electrons. The first-order valence-electron chi connectivity index (χ1n) is 10.6. The number of imidazole rings is 1. The highest BCUT2D eigenvalue weighted by Crippen LogP contribution is 2.32. The molecule has 1 atom stereocenters. The summed E-state index contributed by atoms with van der Waals surface area (Å²) in [6.45, 7) is 2.12. The zero-order chi connectivity index (χ0) is 22.2. The molecule has 2 N–H and O–H groups in total.